The number of rotatable bonds is 3. The average molecular weight is 337 g/mol. The van der Waals surface area contributed by atoms with Crippen molar-refractivity contribution in [3.8, 4) is 5.75 Å². The number of hydrogen-bond donors (Lipinski definition) is 2. The van der Waals surface area contributed by atoms with Crippen molar-refractivity contribution in [2.24, 2.45) is 0 Å². The van der Waals surface area contributed by atoms with Crippen molar-refractivity contribution < 1.29 is 14.6 Å². The molecule has 3 aromatic rings. The molecule has 1 aliphatic heterocycles. The van der Waals surface area contributed by atoms with E-state index in [1.165, 1.54) is 0 Å². The number of fused-ring (bicyclic) bond motifs is 2. The number of carbonyl (C=O) groups excluding carboxylic acids is 1. The fourth-order valence-corrected chi connectivity index (χ4v) is 3.16. The summed E-state index contributed by atoms with van der Waals surface area (Å²) in [7, 11) is 0. The number of amides is 1. The van der Waals surface area contributed by atoms with Crippen LogP contribution < -0.4 is 10.1 Å². The molecule has 0 aliphatic carbocycles. The molecule has 25 heavy (non-hydrogen) atoms. The minimum Gasteiger partial charge on any atom is -0.490 e. The number of pyridine rings is 1. The van der Waals surface area contributed by atoms with E-state index in [1.54, 1.807) is 4.40 Å². The smallest absolute Gasteiger partial charge is 0.270 e. The molecule has 6 heteroatoms. The molecule has 1 atom stereocenters. The molecule has 2 N–H and O–H groups in total. The van der Waals surface area contributed by atoms with Crippen LogP contribution in [0.3, 0.4) is 0 Å². The van der Waals surface area contributed by atoms with Crippen molar-refractivity contribution in [3.05, 3.63) is 64.6 Å². The van der Waals surface area contributed by atoms with Crippen LogP contribution in [-0.2, 0) is 6.54 Å². The SMILES string of the molecule is Cc1ccn2c(C(=O)NCc3ccc4c(c3)C(O)CO4)c(C)nc2c1. The van der Waals surface area contributed by atoms with Crippen LogP contribution in [0.25, 0.3) is 5.65 Å². The second-order valence-electron chi connectivity index (χ2n) is 6.36. The van der Waals surface area contributed by atoms with E-state index in [1.807, 2.05) is 50.4 Å². The molecule has 0 spiro atoms. The van der Waals surface area contributed by atoms with Crippen LogP contribution in [-0.4, -0.2) is 27.0 Å². The van der Waals surface area contributed by atoms with Gasteiger partial charge in [0, 0.05) is 18.3 Å². The fourth-order valence-electron chi connectivity index (χ4n) is 3.16. The number of nitrogens with zero attached hydrogens (tertiary/aromatic N) is 2. The topological polar surface area (TPSA) is 75.9 Å². The predicted octanol–water partition coefficient (Wildman–Crippen LogP) is 2.31. The van der Waals surface area contributed by atoms with E-state index in [2.05, 4.69) is 10.3 Å². The zero-order valence-electron chi connectivity index (χ0n) is 14.1. The van der Waals surface area contributed by atoms with Gasteiger partial charge in [-0.2, -0.15) is 0 Å². The summed E-state index contributed by atoms with van der Waals surface area (Å²) in [5.74, 6) is 0.529. The maximum absolute atomic E-state index is 12.7. The van der Waals surface area contributed by atoms with Gasteiger partial charge >= 0.3 is 0 Å². The Morgan fingerprint density at radius 2 is 2.20 bits per heavy atom. The molecule has 3 heterocycles. The number of imidazole rings is 1. The van der Waals surface area contributed by atoms with Crippen LogP contribution in [0, 0.1) is 13.8 Å². The van der Waals surface area contributed by atoms with E-state index >= 15 is 0 Å². The van der Waals surface area contributed by atoms with E-state index in [9.17, 15) is 9.90 Å². The summed E-state index contributed by atoms with van der Waals surface area (Å²) in [5.41, 5.74) is 4.79. The van der Waals surface area contributed by atoms with Gasteiger partial charge in [0.15, 0.2) is 0 Å². The van der Waals surface area contributed by atoms with Crippen LogP contribution >= 0.6 is 0 Å². The van der Waals surface area contributed by atoms with E-state index in [-0.39, 0.29) is 12.5 Å². The molecule has 4 rings (SSSR count). The molecule has 2 aromatic heterocycles. The van der Waals surface area contributed by atoms with Gasteiger partial charge < -0.3 is 15.2 Å². The predicted molar refractivity (Wildman–Crippen MR) is 92.7 cm³/mol. The van der Waals surface area contributed by atoms with Gasteiger partial charge in [-0.15, -0.1) is 0 Å². The van der Waals surface area contributed by atoms with Crippen LogP contribution in [0.2, 0.25) is 0 Å². The lowest BCUT2D eigenvalue weighted by atomic mass is 10.1. The van der Waals surface area contributed by atoms with Crippen molar-refractivity contribution in [1.82, 2.24) is 14.7 Å². The summed E-state index contributed by atoms with van der Waals surface area (Å²) in [6.07, 6.45) is 1.26. The number of ether oxygens (including phenoxy) is 1. The zero-order chi connectivity index (χ0) is 17.6. The summed E-state index contributed by atoms with van der Waals surface area (Å²) < 4.78 is 7.18. The summed E-state index contributed by atoms with van der Waals surface area (Å²) >= 11 is 0. The average Bonchev–Trinajstić information content (AvgIpc) is 3.11. The van der Waals surface area contributed by atoms with Gasteiger partial charge in [-0.3, -0.25) is 9.20 Å². The number of aliphatic hydroxyl groups is 1. The number of hydrogen-bond acceptors (Lipinski definition) is 4. The first-order valence-corrected chi connectivity index (χ1v) is 8.20. The summed E-state index contributed by atoms with van der Waals surface area (Å²) in [5, 5.41) is 12.8. The molecule has 0 fully saturated rings. The third kappa shape index (κ3) is 2.74. The van der Waals surface area contributed by atoms with Gasteiger partial charge in [-0.1, -0.05) is 6.07 Å². The molecule has 0 saturated carbocycles. The monoisotopic (exact) mass is 337 g/mol. The van der Waals surface area contributed by atoms with Crippen LogP contribution in [0.4, 0.5) is 0 Å². The first-order chi connectivity index (χ1) is 12.0. The molecule has 0 saturated heterocycles. The molecule has 0 radical (unpaired) electrons. The minimum absolute atomic E-state index is 0.175. The third-order valence-corrected chi connectivity index (χ3v) is 4.45. The summed E-state index contributed by atoms with van der Waals surface area (Å²) in [6, 6.07) is 9.49. The molecule has 128 valence electrons. The Hall–Kier alpha value is -2.86. The molecule has 6 nitrogen and oxygen atoms in total. The van der Waals surface area contributed by atoms with Crippen LogP contribution in [0.15, 0.2) is 36.5 Å². The van der Waals surface area contributed by atoms with Gasteiger partial charge in [0.1, 0.15) is 29.8 Å². The molecule has 0 bridgehead atoms. The maximum atomic E-state index is 12.7. The Kier molecular flexibility index (Phi) is 3.69. The van der Waals surface area contributed by atoms with E-state index < -0.39 is 6.10 Å². The highest BCUT2D eigenvalue weighted by atomic mass is 16.5. The number of aryl methyl sites for hydroxylation is 2. The summed E-state index contributed by atoms with van der Waals surface area (Å²) in [4.78, 5) is 17.1. The van der Waals surface area contributed by atoms with Gasteiger partial charge in [0.2, 0.25) is 0 Å². The first kappa shape index (κ1) is 15.7. The maximum Gasteiger partial charge on any atom is 0.270 e. The normalized spacial score (nSPS) is 15.9. The van der Waals surface area contributed by atoms with Gasteiger partial charge in [0.05, 0.1) is 5.69 Å². The molecule has 1 amide bonds. The molecule has 1 aromatic carbocycles. The quantitative estimate of drug-likeness (QED) is 0.769. The largest absolute Gasteiger partial charge is 0.490 e. The van der Waals surface area contributed by atoms with E-state index in [0.29, 0.717) is 23.7 Å². The number of aromatic nitrogens is 2. The van der Waals surface area contributed by atoms with Crippen molar-refractivity contribution in [3.63, 3.8) is 0 Å². The highest BCUT2D eigenvalue weighted by molar-refractivity contribution is 5.94. The molecule has 1 aliphatic rings. The third-order valence-electron chi connectivity index (χ3n) is 4.45. The van der Waals surface area contributed by atoms with Crippen molar-refractivity contribution in [2.75, 3.05) is 6.61 Å². The number of aliphatic hydroxyl groups excluding tert-OH is 1. The molecular weight excluding hydrogens is 318 g/mol. The highest BCUT2D eigenvalue weighted by Gasteiger charge is 2.22. The van der Waals surface area contributed by atoms with Crippen LogP contribution in [0.1, 0.15) is 39.0 Å². The van der Waals surface area contributed by atoms with Crippen molar-refractivity contribution >= 4 is 11.6 Å². The first-order valence-electron chi connectivity index (χ1n) is 8.20. The lowest BCUT2D eigenvalue weighted by Crippen LogP contribution is -2.25. The summed E-state index contributed by atoms with van der Waals surface area (Å²) in [6.45, 7) is 4.49. The van der Waals surface area contributed by atoms with Crippen molar-refractivity contribution in [1.29, 1.82) is 0 Å². The highest BCUT2D eigenvalue weighted by Crippen LogP contribution is 2.32. The lowest BCUT2D eigenvalue weighted by Gasteiger charge is -2.08. The Labute approximate surface area is 145 Å². The van der Waals surface area contributed by atoms with Gasteiger partial charge in [0.25, 0.3) is 5.91 Å². The molecule has 1 unspecified atom stereocenters. The van der Waals surface area contributed by atoms with Gasteiger partial charge in [-0.05, 0) is 49.2 Å². The van der Waals surface area contributed by atoms with E-state index in [4.69, 9.17) is 4.74 Å². The van der Waals surface area contributed by atoms with E-state index in [0.717, 1.165) is 22.3 Å². The molecular formula is C19H19N3O3. The number of benzene rings is 1. The number of nitrogens with one attached hydrogen (secondary N) is 1. The lowest BCUT2D eigenvalue weighted by molar-refractivity contribution is 0.0944. The Morgan fingerprint density at radius 3 is 3.04 bits per heavy atom. The minimum atomic E-state index is -0.602. The standard InChI is InChI=1S/C19H19N3O3/c1-11-5-6-22-17(7-11)21-12(2)18(22)19(24)20-9-13-3-4-16-14(8-13)15(23)10-25-16/h3-8,15,23H,9-10H2,1-2H3,(H,20,24). The second kappa shape index (κ2) is 5.89. The Morgan fingerprint density at radius 1 is 1.36 bits per heavy atom. The number of carbonyl (C=O) groups is 1. The van der Waals surface area contributed by atoms with Crippen molar-refractivity contribution in [2.45, 2.75) is 26.5 Å². The zero-order valence-corrected chi connectivity index (χ0v) is 14.1. The van der Waals surface area contributed by atoms with Crippen LogP contribution in [0.5, 0.6) is 5.75 Å². The van der Waals surface area contributed by atoms with Gasteiger partial charge in [-0.25, -0.2) is 4.98 Å². The Bertz CT molecular complexity index is 977. The Balaban J connectivity index is 1.55. The fraction of sp³-hybridized carbons (Fsp3) is 0.263. The second-order valence-corrected chi connectivity index (χ2v) is 6.36.